The van der Waals surface area contributed by atoms with Gasteiger partial charge in [0.25, 0.3) is 10.1 Å². The molecule has 5 unspecified atom stereocenters. The Morgan fingerprint density at radius 1 is 0.708 bits per heavy atom. The lowest BCUT2D eigenvalue weighted by atomic mass is 9.77. The van der Waals surface area contributed by atoms with Crippen molar-refractivity contribution in [1.82, 2.24) is 5.32 Å². The fraction of sp³-hybridized carbons (Fsp3) is 0.733. The summed E-state index contributed by atoms with van der Waals surface area (Å²) in [5, 5.41) is 13.6. The molecule has 1 aromatic rings. The highest BCUT2D eigenvalue weighted by molar-refractivity contribution is 7.85. The van der Waals surface area contributed by atoms with Crippen molar-refractivity contribution in [1.29, 1.82) is 0 Å². The molecule has 65 heavy (non-hydrogen) atoms. The molecule has 372 valence electrons. The molecule has 1 aromatic carbocycles. The molecular formula is C45H76N3O16S+. The minimum atomic E-state index is -4.53. The summed E-state index contributed by atoms with van der Waals surface area (Å²) >= 11 is 0. The zero-order chi connectivity index (χ0) is 49.2. The van der Waals surface area contributed by atoms with E-state index >= 15 is 4.79 Å². The van der Waals surface area contributed by atoms with Crippen molar-refractivity contribution in [2.24, 2.45) is 29.4 Å². The minimum absolute atomic E-state index is 0.0435. The number of carbonyl (C=O) groups excluding carboxylic acids is 5. The van der Waals surface area contributed by atoms with Crippen LogP contribution in [0.25, 0.3) is 0 Å². The third-order valence-electron chi connectivity index (χ3n) is 11.1. The van der Waals surface area contributed by atoms with Gasteiger partial charge in [0.1, 0.15) is 5.54 Å². The summed E-state index contributed by atoms with van der Waals surface area (Å²) in [7, 11) is -0.365. The number of carbonyl (C=O) groups is 6. The van der Waals surface area contributed by atoms with Gasteiger partial charge < -0.3 is 49.1 Å². The van der Waals surface area contributed by atoms with Gasteiger partial charge in [-0.2, -0.15) is 8.42 Å². The van der Waals surface area contributed by atoms with E-state index in [0.717, 1.165) is 13.1 Å². The third kappa shape index (κ3) is 23.7. The third-order valence-corrected chi connectivity index (χ3v) is 12.0. The molecule has 0 spiro atoms. The summed E-state index contributed by atoms with van der Waals surface area (Å²) in [5.74, 6) is -7.66. The average Bonchev–Trinajstić information content (AvgIpc) is 3.23. The largest absolute Gasteiger partial charge is 0.481 e. The number of aliphatic carboxylic acids is 1. The number of carboxylic acids is 1. The molecule has 0 radical (unpaired) electrons. The first-order valence-corrected chi connectivity index (χ1v) is 23.9. The molecule has 1 rings (SSSR count). The summed E-state index contributed by atoms with van der Waals surface area (Å²) in [6, 6.07) is 5.64. The van der Waals surface area contributed by atoms with Gasteiger partial charge in [0, 0.05) is 17.8 Å². The predicted molar refractivity (Wildman–Crippen MR) is 239 cm³/mol. The van der Waals surface area contributed by atoms with Gasteiger partial charge in [-0.05, 0) is 83.4 Å². The predicted octanol–water partition coefficient (Wildman–Crippen LogP) is 3.90. The molecule has 0 bridgehead atoms. The van der Waals surface area contributed by atoms with Crippen LogP contribution in [0.4, 0.5) is 0 Å². The fourth-order valence-corrected chi connectivity index (χ4v) is 7.98. The van der Waals surface area contributed by atoms with Crippen molar-refractivity contribution in [2.75, 3.05) is 86.6 Å². The number of nitrogens with zero attached hydrogens (tertiary/aromatic N) is 1. The Kier molecular flexibility index (Phi) is 27.3. The Labute approximate surface area is 385 Å². The van der Waals surface area contributed by atoms with Gasteiger partial charge in [-0.1, -0.05) is 26.0 Å². The van der Waals surface area contributed by atoms with Crippen molar-refractivity contribution < 1.29 is 79.7 Å². The maximum atomic E-state index is 15.1. The SMILES string of the molecule is CCOC(=O)CCOCC(COCCC(=O)OCC)(COCCC(=O)OCC)NC(=O)C(CC(CC(CC)C(N)=O)C(=O)O)CC(CC(C)C[N+](C)(C)CC)c1ccc(S(=O)(=O)O)cc1. The summed E-state index contributed by atoms with van der Waals surface area (Å²) in [6.45, 7) is 11.5. The molecule has 5 atom stereocenters. The van der Waals surface area contributed by atoms with Crippen LogP contribution in [0.5, 0.6) is 0 Å². The topological polar surface area (TPSA) is 270 Å². The molecule has 0 aliphatic rings. The van der Waals surface area contributed by atoms with E-state index in [1.807, 2.05) is 0 Å². The van der Waals surface area contributed by atoms with Crippen LogP contribution in [-0.4, -0.2) is 150 Å². The van der Waals surface area contributed by atoms with Crippen LogP contribution in [0.1, 0.15) is 104 Å². The standard InChI is InChI=1S/C45H75N3O16S/c1-9-33(42(46)52)25-37(44(54)55)27-36(26-35(24-32(6)28-48(7,8)10-2)34-14-16-38(17-15-34)65(56,57)58)43(53)47-45(29-59-21-18-39(49)62-11-3,30-60-22-19-40(50)63-12-4)31-61-23-20-41(51)64-13-5/h14-17,32-33,35-37H,9-13,18-31H2,1-8H3,(H4-,46,47,52,53,54,55,56,57,58)/p+1. The summed E-state index contributed by atoms with van der Waals surface area (Å²) in [4.78, 5) is 76.8. The van der Waals surface area contributed by atoms with Crippen LogP contribution in [0.2, 0.25) is 0 Å². The number of quaternary nitrogens is 1. The maximum absolute atomic E-state index is 15.1. The number of carboxylic acid groups (broad SMARTS) is 1. The zero-order valence-corrected chi connectivity index (χ0v) is 40.5. The lowest BCUT2D eigenvalue weighted by molar-refractivity contribution is -0.891. The Morgan fingerprint density at radius 2 is 1.15 bits per heavy atom. The first kappa shape index (κ1) is 58.8. The molecule has 19 nitrogen and oxygen atoms in total. The first-order valence-electron chi connectivity index (χ1n) is 22.5. The van der Waals surface area contributed by atoms with E-state index in [2.05, 4.69) is 33.3 Å². The van der Waals surface area contributed by atoms with Gasteiger partial charge in [-0.3, -0.25) is 33.3 Å². The Morgan fingerprint density at radius 3 is 1.52 bits per heavy atom. The number of hydrogen-bond donors (Lipinski definition) is 4. The van der Waals surface area contributed by atoms with Crippen molar-refractivity contribution in [2.45, 2.75) is 109 Å². The second kappa shape index (κ2) is 30.1. The Bertz CT molecular complexity index is 1680. The monoisotopic (exact) mass is 946 g/mol. The Balaban J connectivity index is 3.97. The highest BCUT2D eigenvalue weighted by Crippen LogP contribution is 2.36. The molecule has 20 heteroatoms. The number of amides is 2. The van der Waals surface area contributed by atoms with Gasteiger partial charge in [-0.15, -0.1) is 0 Å². The van der Waals surface area contributed by atoms with E-state index in [1.54, 1.807) is 39.8 Å². The van der Waals surface area contributed by atoms with Gasteiger partial charge >= 0.3 is 23.9 Å². The van der Waals surface area contributed by atoms with Crippen LogP contribution in [0.3, 0.4) is 0 Å². The van der Waals surface area contributed by atoms with Gasteiger partial charge in [0.05, 0.1) is 117 Å². The zero-order valence-electron chi connectivity index (χ0n) is 39.7. The highest BCUT2D eigenvalue weighted by Gasteiger charge is 2.39. The number of rotatable bonds is 36. The van der Waals surface area contributed by atoms with Crippen molar-refractivity contribution >= 4 is 45.8 Å². The molecule has 0 aliphatic carbocycles. The number of ether oxygens (including phenoxy) is 6. The lowest BCUT2D eigenvalue weighted by Crippen LogP contribution is -2.60. The average molecular weight is 947 g/mol. The molecule has 5 N–H and O–H groups in total. The lowest BCUT2D eigenvalue weighted by Gasteiger charge is -2.37. The molecule has 0 aliphatic heterocycles. The summed E-state index contributed by atoms with van der Waals surface area (Å²) < 4.78 is 67.4. The molecule has 0 saturated heterocycles. The first-order chi connectivity index (χ1) is 30.5. The van der Waals surface area contributed by atoms with Crippen LogP contribution >= 0.6 is 0 Å². The van der Waals surface area contributed by atoms with E-state index in [9.17, 15) is 42.0 Å². The van der Waals surface area contributed by atoms with E-state index in [0.29, 0.717) is 16.5 Å². The molecule has 2 amide bonds. The number of esters is 3. The van der Waals surface area contributed by atoms with E-state index in [1.165, 1.54) is 12.1 Å². The normalized spacial score (nSPS) is 14.4. The van der Waals surface area contributed by atoms with Crippen molar-refractivity contribution in [3.63, 3.8) is 0 Å². The Hall–Kier alpha value is -4.21. The van der Waals surface area contributed by atoms with Gasteiger partial charge in [-0.25, -0.2) is 0 Å². The molecule has 0 heterocycles. The van der Waals surface area contributed by atoms with E-state index < -0.39 is 75.0 Å². The number of primary amides is 1. The van der Waals surface area contributed by atoms with Crippen LogP contribution in [0.15, 0.2) is 29.2 Å². The fourth-order valence-electron chi connectivity index (χ4n) is 7.50. The number of hydrogen-bond acceptors (Lipinski definition) is 14. The summed E-state index contributed by atoms with van der Waals surface area (Å²) in [5.41, 5.74) is 4.74. The minimum Gasteiger partial charge on any atom is -0.481 e. The van der Waals surface area contributed by atoms with Crippen LogP contribution < -0.4 is 11.1 Å². The van der Waals surface area contributed by atoms with Crippen molar-refractivity contribution in [3.05, 3.63) is 29.8 Å². The molecule has 0 fully saturated rings. The quantitative estimate of drug-likeness (QED) is 0.0244. The van der Waals surface area contributed by atoms with Gasteiger partial charge in [0.2, 0.25) is 11.8 Å². The number of nitrogens with one attached hydrogen (secondary N) is 1. The molecular weight excluding hydrogens is 871 g/mol. The van der Waals surface area contributed by atoms with Gasteiger partial charge in [0.15, 0.2) is 0 Å². The maximum Gasteiger partial charge on any atom is 0.308 e. The molecule has 0 aromatic heterocycles. The summed E-state index contributed by atoms with van der Waals surface area (Å²) in [6.07, 6.45) is 0.0221. The molecule has 0 saturated carbocycles. The van der Waals surface area contributed by atoms with E-state index in [4.69, 9.17) is 34.2 Å². The van der Waals surface area contributed by atoms with Crippen LogP contribution in [0, 0.1) is 23.7 Å². The second-order valence-electron chi connectivity index (χ2n) is 17.1. The number of nitrogens with two attached hydrogens (primary N) is 1. The van der Waals surface area contributed by atoms with Crippen molar-refractivity contribution in [3.8, 4) is 0 Å². The smallest absolute Gasteiger partial charge is 0.308 e. The second-order valence-corrected chi connectivity index (χ2v) is 18.5. The highest BCUT2D eigenvalue weighted by atomic mass is 32.2. The van der Waals surface area contributed by atoms with E-state index in [-0.39, 0.29) is 115 Å². The van der Waals surface area contributed by atoms with Crippen LogP contribution in [-0.2, 0) is 67.3 Å². The number of benzene rings is 1.